The van der Waals surface area contributed by atoms with Crippen molar-refractivity contribution in [2.24, 2.45) is 0 Å². The first-order chi connectivity index (χ1) is 7.72. The molecule has 2 rings (SSSR count). The van der Waals surface area contributed by atoms with Gasteiger partial charge in [-0.1, -0.05) is 60.5 Å². The number of hydrogen-bond acceptors (Lipinski definition) is 0. The van der Waals surface area contributed by atoms with Crippen LogP contribution in [0.25, 0.3) is 5.57 Å². The topological polar surface area (TPSA) is 0 Å². The van der Waals surface area contributed by atoms with Gasteiger partial charge in [0.15, 0.2) is 0 Å². The van der Waals surface area contributed by atoms with E-state index in [-0.39, 0.29) is 0 Å². The molecule has 0 aliphatic heterocycles. The largest absolute Gasteiger partial charge is 0.0884 e. The Labute approximate surface area is 107 Å². The Morgan fingerprint density at radius 3 is 2.38 bits per heavy atom. The Kier molecular flexibility index (Phi) is 3.73. The zero-order valence-corrected chi connectivity index (χ0v) is 10.8. The normalized spacial score (nSPS) is 16.3. The molecule has 0 amide bonds. The van der Waals surface area contributed by atoms with Gasteiger partial charge >= 0.3 is 0 Å². The van der Waals surface area contributed by atoms with E-state index in [2.05, 4.69) is 31.2 Å². The van der Waals surface area contributed by atoms with Crippen molar-refractivity contribution in [1.82, 2.24) is 0 Å². The van der Waals surface area contributed by atoms with Crippen LogP contribution in [0, 0.1) is 0 Å². The van der Waals surface area contributed by atoms with E-state index in [1.54, 1.807) is 0 Å². The van der Waals surface area contributed by atoms with Crippen molar-refractivity contribution in [2.75, 3.05) is 0 Å². The van der Waals surface area contributed by atoms with Gasteiger partial charge in [-0.3, -0.25) is 0 Å². The van der Waals surface area contributed by atoms with Gasteiger partial charge in [-0.2, -0.15) is 0 Å². The van der Waals surface area contributed by atoms with E-state index in [0.29, 0.717) is 0 Å². The minimum absolute atomic E-state index is 0.778. The molecular formula is C14H14Cl2. The summed E-state index contributed by atoms with van der Waals surface area (Å²) in [7, 11) is 0. The second kappa shape index (κ2) is 5.07. The molecule has 84 valence electrons. The zero-order chi connectivity index (χ0) is 11.5. The maximum Gasteiger partial charge on any atom is 0.0456 e. The third-order valence-electron chi connectivity index (χ3n) is 2.85. The molecule has 1 aliphatic rings. The standard InChI is InChI=1S/C14H14Cl2/c1-2-10-6-8-11(9-7-10)14-12(15)4-3-5-13(14)16/h4,6-9H,2-3,5H2,1H3. The van der Waals surface area contributed by atoms with E-state index in [4.69, 9.17) is 23.2 Å². The second-order valence-electron chi connectivity index (χ2n) is 3.92. The fourth-order valence-electron chi connectivity index (χ4n) is 1.88. The lowest BCUT2D eigenvalue weighted by atomic mass is 9.98. The highest BCUT2D eigenvalue weighted by atomic mass is 35.5. The molecule has 2 heteroatoms. The quantitative estimate of drug-likeness (QED) is 0.686. The Hall–Kier alpha value is -0.720. The van der Waals surface area contributed by atoms with Crippen LogP contribution in [0.2, 0.25) is 0 Å². The third-order valence-corrected chi connectivity index (χ3v) is 3.57. The average molecular weight is 253 g/mol. The smallest absolute Gasteiger partial charge is 0.0456 e. The summed E-state index contributed by atoms with van der Waals surface area (Å²) in [5.74, 6) is 0. The SMILES string of the molecule is CCc1ccc(C2=C(Cl)CCC=C2Cl)cc1. The molecule has 0 spiro atoms. The van der Waals surface area contributed by atoms with Crippen LogP contribution >= 0.6 is 23.2 Å². The van der Waals surface area contributed by atoms with Crippen molar-refractivity contribution in [2.45, 2.75) is 26.2 Å². The van der Waals surface area contributed by atoms with Crippen molar-refractivity contribution in [3.63, 3.8) is 0 Å². The molecule has 0 N–H and O–H groups in total. The van der Waals surface area contributed by atoms with Crippen molar-refractivity contribution in [3.05, 3.63) is 51.5 Å². The molecule has 0 radical (unpaired) electrons. The molecule has 0 bridgehead atoms. The fourth-order valence-corrected chi connectivity index (χ4v) is 2.58. The van der Waals surface area contributed by atoms with Gasteiger partial charge in [-0.25, -0.2) is 0 Å². The lowest BCUT2D eigenvalue weighted by molar-refractivity contribution is 1.02. The summed E-state index contributed by atoms with van der Waals surface area (Å²) in [6.45, 7) is 2.15. The summed E-state index contributed by atoms with van der Waals surface area (Å²) < 4.78 is 0. The van der Waals surface area contributed by atoms with E-state index in [1.807, 2.05) is 6.08 Å². The summed E-state index contributed by atoms with van der Waals surface area (Å²) >= 11 is 12.4. The van der Waals surface area contributed by atoms with Gasteiger partial charge in [0.2, 0.25) is 0 Å². The van der Waals surface area contributed by atoms with Gasteiger partial charge in [-0.05, 0) is 30.4 Å². The van der Waals surface area contributed by atoms with Gasteiger partial charge in [0, 0.05) is 15.6 Å². The predicted octanol–water partition coefficient (Wildman–Crippen LogP) is 5.12. The molecule has 16 heavy (non-hydrogen) atoms. The first-order valence-corrected chi connectivity index (χ1v) is 6.32. The minimum atomic E-state index is 0.778. The molecule has 1 aliphatic carbocycles. The lowest BCUT2D eigenvalue weighted by Crippen LogP contribution is -1.94. The van der Waals surface area contributed by atoms with Crippen LogP contribution < -0.4 is 0 Å². The number of rotatable bonds is 2. The fraction of sp³-hybridized carbons (Fsp3) is 0.286. The molecule has 0 heterocycles. The minimum Gasteiger partial charge on any atom is -0.0884 e. The highest BCUT2D eigenvalue weighted by Crippen LogP contribution is 2.37. The maximum atomic E-state index is 6.24. The van der Waals surface area contributed by atoms with Crippen LogP contribution in [0.1, 0.15) is 30.9 Å². The van der Waals surface area contributed by atoms with Crippen LogP contribution in [-0.4, -0.2) is 0 Å². The van der Waals surface area contributed by atoms with E-state index >= 15 is 0 Å². The Morgan fingerprint density at radius 2 is 1.81 bits per heavy atom. The van der Waals surface area contributed by atoms with Gasteiger partial charge < -0.3 is 0 Å². The molecule has 0 nitrogen and oxygen atoms in total. The average Bonchev–Trinajstić information content (AvgIpc) is 2.30. The summed E-state index contributed by atoms with van der Waals surface area (Å²) in [4.78, 5) is 0. The molecule has 0 saturated carbocycles. The Balaban J connectivity index is 2.39. The van der Waals surface area contributed by atoms with Gasteiger partial charge in [-0.15, -0.1) is 0 Å². The summed E-state index contributed by atoms with van der Waals surface area (Å²) in [5.41, 5.74) is 3.44. The maximum absolute atomic E-state index is 6.24. The van der Waals surface area contributed by atoms with E-state index in [9.17, 15) is 0 Å². The highest BCUT2D eigenvalue weighted by Gasteiger charge is 2.14. The predicted molar refractivity (Wildman–Crippen MR) is 71.8 cm³/mol. The number of benzene rings is 1. The van der Waals surface area contributed by atoms with Gasteiger partial charge in [0.25, 0.3) is 0 Å². The number of allylic oxidation sites excluding steroid dienone is 4. The van der Waals surface area contributed by atoms with Crippen molar-refractivity contribution >= 4 is 28.8 Å². The Bertz CT molecular complexity index is 438. The molecule has 0 fully saturated rings. The number of halogens is 2. The summed E-state index contributed by atoms with van der Waals surface area (Å²) in [6, 6.07) is 8.45. The van der Waals surface area contributed by atoms with E-state index in [1.165, 1.54) is 5.56 Å². The zero-order valence-electron chi connectivity index (χ0n) is 9.26. The molecule has 1 aromatic rings. The number of hydrogen-bond donors (Lipinski definition) is 0. The monoisotopic (exact) mass is 252 g/mol. The van der Waals surface area contributed by atoms with Crippen LogP contribution in [0.15, 0.2) is 40.4 Å². The van der Waals surface area contributed by atoms with Crippen molar-refractivity contribution in [1.29, 1.82) is 0 Å². The van der Waals surface area contributed by atoms with Crippen molar-refractivity contribution < 1.29 is 0 Å². The summed E-state index contributed by atoms with van der Waals surface area (Å²) in [6.07, 6.45) is 4.92. The highest BCUT2D eigenvalue weighted by molar-refractivity contribution is 6.42. The molecule has 0 saturated heterocycles. The summed E-state index contributed by atoms with van der Waals surface area (Å²) in [5, 5.41) is 1.65. The van der Waals surface area contributed by atoms with Crippen LogP contribution in [0.5, 0.6) is 0 Å². The third kappa shape index (κ3) is 2.34. The van der Waals surface area contributed by atoms with E-state index in [0.717, 1.165) is 40.5 Å². The first kappa shape index (κ1) is 11.8. The molecule has 0 aromatic heterocycles. The first-order valence-electron chi connectivity index (χ1n) is 5.56. The lowest BCUT2D eigenvalue weighted by Gasteiger charge is -2.15. The molecule has 1 aromatic carbocycles. The Morgan fingerprint density at radius 1 is 1.12 bits per heavy atom. The van der Waals surface area contributed by atoms with Crippen LogP contribution in [0.4, 0.5) is 0 Å². The number of aryl methyl sites for hydroxylation is 1. The second-order valence-corrected chi connectivity index (χ2v) is 4.78. The van der Waals surface area contributed by atoms with Crippen LogP contribution in [-0.2, 0) is 6.42 Å². The van der Waals surface area contributed by atoms with E-state index < -0.39 is 0 Å². The molecule has 0 unspecified atom stereocenters. The molecular weight excluding hydrogens is 239 g/mol. The van der Waals surface area contributed by atoms with Gasteiger partial charge in [0.1, 0.15) is 0 Å². The molecule has 0 atom stereocenters. The van der Waals surface area contributed by atoms with Crippen LogP contribution in [0.3, 0.4) is 0 Å². The van der Waals surface area contributed by atoms with Crippen molar-refractivity contribution in [3.8, 4) is 0 Å². The van der Waals surface area contributed by atoms with Gasteiger partial charge in [0.05, 0.1) is 0 Å².